The van der Waals surface area contributed by atoms with Crippen LogP contribution in [0.4, 0.5) is 0 Å². The van der Waals surface area contributed by atoms with Gasteiger partial charge in [-0.05, 0) is 19.3 Å². The molecule has 70 valence electrons. The molecule has 2 nitrogen and oxygen atoms in total. The summed E-state index contributed by atoms with van der Waals surface area (Å²) in [6.07, 6.45) is 2.15. The fourth-order valence-corrected chi connectivity index (χ4v) is 0.948. The van der Waals surface area contributed by atoms with Crippen molar-refractivity contribution in [1.29, 1.82) is 0 Å². The normalized spacial score (nSPS) is 16.8. The van der Waals surface area contributed by atoms with Crippen molar-refractivity contribution in [3.63, 3.8) is 0 Å². The van der Waals surface area contributed by atoms with Gasteiger partial charge in [-0.25, -0.2) is 0 Å². The molecule has 0 aromatic heterocycles. The number of carboxylic acid groups (broad SMARTS) is 1. The van der Waals surface area contributed by atoms with Crippen molar-refractivity contribution in [2.45, 2.75) is 27.2 Å². The molecule has 0 bridgehead atoms. The first-order valence-corrected chi connectivity index (χ1v) is 4.37. The third-order valence-corrected chi connectivity index (χ3v) is 2.57. The van der Waals surface area contributed by atoms with Crippen LogP contribution < -0.4 is 0 Å². The molecular formula is C9H15ClO2. The average Bonchev–Trinajstić information content (AvgIpc) is 1.99. The van der Waals surface area contributed by atoms with Crippen molar-refractivity contribution >= 4 is 17.6 Å². The van der Waals surface area contributed by atoms with Gasteiger partial charge in [-0.15, -0.1) is 0 Å². The van der Waals surface area contributed by atoms with Gasteiger partial charge in [-0.2, -0.15) is 0 Å². The predicted molar refractivity (Wildman–Crippen MR) is 50.2 cm³/mol. The fourth-order valence-electron chi connectivity index (χ4n) is 0.859. The lowest BCUT2D eigenvalue weighted by Gasteiger charge is -2.27. The second-order valence-electron chi connectivity index (χ2n) is 3.44. The van der Waals surface area contributed by atoms with Crippen LogP contribution in [-0.4, -0.2) is 11.1 Å². The summed E-state index contributed by atoms with van der Waals surface area (Å²) in [5.74, 6) is -0.671. The second kappa shape index (κ2) is 4.51. The molecule has 3 heteroatoms. The lowest BCUT2D eigenvalue weighted by Crippen LogP contribution is -2.32. The van der Waals surface area contributed by atoms with Crippen molar-refractivity contribution in [1.82, 2.24) is 0 Å². The van der Waals surface area contributed by atoms with E-state index in [1.165, 1.54) is 5.54 Å². The van der Waals surface area contributed by atoms with Crippen molar-refractivity contribution in [2.24, 2.45) is 11.3 Å². The Morgan fingerprint density at radius 1 is 1.67 bits per heavy atom. The minimum absolute atomic E-state index is 0.0999. The monoisotopic (exact) mass is 190 g/mol. The summed E-state index contributed by atoms with van der Waals surface area (Å²) in [6.45, 7) is 5.53. The van der Waals surface area contributed by atoms with Crippen LogP contribution >= 0.6 is 11.6 Å². The Labute approximate surface area is 78.2 Å². The third kappa shape index (κ3) is 2.52. The summed E-state index contributed by atoms with van der Waals surface area (Å²) < 4.78 is 0. The molecule has 0 aromatic rings. The van der Waals surface area contributed by atoms with E-state index in [4.69, 9.17) is 16.7 Å². The largest absolute Gasteiger partial charge is 0.481 e. The van der Waals surface area contributed by atoms with Gasteiger partial charge in [0.05, 0.1) is 5.41 Å². The number of hydrogen-bond donors (Lipinski definition) is 1. The molecule has 12 heavy (non-hydrogen) atoms. The molecule has 0 aliphatic carbocycles. The SMILES string of the molecule is CC(C)[C@](C)(CC=CCl)C(=O)O. The van der Waals surface area contributed by atoms with Gasteiger partial charge in [0.25, 0.3) is 0 Å². The molecule has 0 saturated carbocycles. The molecule has 0 aliphatic rings. The van der Waals surface area contributed by atoms with Crippen molar-refractivity contribution in [3.8, 4) is 0 Å². The Morgan fingerprint density at radius 3 is 2.42 bits per heavy atom. The van der Waals surface area contributed by atoms with Crippen LogP contribution in [0.15, 0.2) is 11.6 Å². The van der Waals surface area contributed by atoms with E-state index in [1.54, 1.807) is 13.0 Å². The van der Waals surface area contributed by atoms with Gasteiger partial charge >= 0.3 is 5.97 Å². The van der Waals surface area contributed by atoms with E-state index in [2.05, 4.69) is 0 Å². The number of carbonyl (C=O) groups is 1. The molecular weight excluding hydrogens is 176 g/mol. The van der Waals surface area contributed by atoms with E-state index in [9.17, 15) is 4.79 Å². The van der Waals surface area contributed by atoms with Gasteiger partial charge in [0.2, 0.25) is 0 Å². The highest BCUT2D eigenvalue weighted by atomic mass is 35.5. The van der Waals surface area contributed by atoms with E-state index in [0.29, 0.717) is 6.42 Å². The summed E-state index contributed by atoms with van der Waals surface area (Å²) in [5.41, 5.74) is 0.662. The molecule has 0 rings (SSSR count). The summed E-state index contributed by atoms with van der Waals surface area (Å²) in [7, 11) is 0. The molecule has 1 atom stereocenters. The Hall–Kier alpha value is -0.500. The Balaban J connectivity index is 4.51. The van der Waals surface area contributed by atoms with E-state index in [0.717, 1.165) is 0 Å². The maximum Gasteiger partial charge on any atom is 0.309 e. The maximum absolute atomic E-state index is 10.9. The first-order chi connectivity index (χ1) is 5.45. The van der Waals surface area contributed by atoms with Crippen molar-refractivity contribution < 1.29 is 9.90 Å². The molecule has 0 aliphatic heterocycles. The van der Waals surface area contributed by atoms with E-state index in [1.807, 2.05) is 13.8 Å². The summed E-state index contributed by atoms with van der Waals surface area (Å²) in [4.78, 5) is 10.9. The number of halogens is 1. The number of rotatable bonds is 4. The number of hydrogen-bond acceptors (Lipinski definition) is 1. The topological polar surface area (TPSA) is 37.3 Å². The van der Waals surface area contributed by atoms with Crippen LogP contribution in [0.5, 0.6) is 0 Å². The molecule has 0 saturated heterocycles. The molecule has 0 spiro atoms. The van der Waals surface area contributed by atoms with Crippen LogP contribution in [-0.2, 0) is 4.79 Å². The molecule has 0 unspecified atom stereocenters. The quantitative estimate of drug-likeness (QED) is 0.740. The van der Waals surface area contributed by atoms with Gasteiger partial charge in [-0.3, -0.25) is 4.79 Å². The third-order valence-electron chi connectivity index (χ3n) is 2.39. The first kappa shape index (κ1) is 11.5. The lowest BCUT2D eigenvalue weighted by molar-refractivity contribution is -0.150. The zero-order valence-corrected chi connectivity index (χ0v) is 8.43. The van der Waals surface area contributed by atoms with Crippen LogP contribution in [0, 0.1) is 11.3 Å². The molecule has 0 radical (unpaired) electrons. The van der Waals surface area contributed by atoms with Crippen LogP contribution in [0.3, 0.4) is 0 Å². The predicted octanol–water partition coefficient (Wildman–Crippen LogP) is 2.88. The Kier molecular flexibility index (Phi) is 4.32. The average molecular weight is 191 g/mol. The molecule has 0 aromatic carbocycles. The highest BCUT2D eigenvalue weighted by Crippen LogP contribution is 2.31. The molecule has 1 N–H and O–H groups in total. The summed E-state index contributed by atoms with van der Waals surface area (Å²) >= 11 is 5.34. The van der Waals surface area contributed by atoms with Crippen molar-refractivity contribution in [3.05, 3.63) is 11.6 Å². The highest BCUT2D eigenvalue weighted by Gasteiger charge is 2.35. The van der Waals surface area contributed by atoms with Gasteiger partial charge in [-0.1, -0.05) is 31.5 Å². The van der Waals surface area contributed by atoms with Crippen LogP contribution in [0.2, 0.25) is 0 Å². The summed E-state index contributed by atoms with van der Waals surface area (Å²) in [6, 6.07) is 0. The smallest absolute Gasteiger partial charge is 0.309 e. The van der Waals surface area contributed by atoms with Crippen LogP contribution in [0.1, 0.15) is 27.2 Å². The first-order valence-electron chi connectivity index (χ1n) is 3.93. The Bertz CT molecular complexity index is 187. The lowest BCUT2D eigenvalue weighted by atomic mass is 9.76. The van der Waals surface area contributed by atoms with E-state index < -0.39 is 11.4 Å². The molecule has 0 fully saturated rings. The Morgan fingerprint density at radius 2 is 2.17 bits per heavy atom. The highest BCUT2D eigenvalue weighted by molar-refractivity contribution is 6.25. The number of allylic oxidation sites excluding steroid dienone is 1. The minimum atomic E-state index is -0.771. The molecule has 0 amide bonds. The minimum Gasteiger partial charge on any atom is -0.481 e. The van der Waals surface area contributed by atoms with E-state index >= 15 is 0 Å². The van der Waals surface area contributed by atoms with Gasteiger partial charge in [0.1, 0.15) is 0 Å². The zero-order valence-electron chi connectivity index (χ0n) is 7.67. The summed E-state index contributed by atoms with van der Waals surface area (Å²) in [5, 5.41) is 8.95. The zero-order chi connectivity index (χ0) is 9.78. The second-order valence-corrected chi connectivity index (χ2v) is 3.70. The van der Waals surface area contributed by atoms with Gasteiger partial charge in [0.15, 0.2) is 0 Å². The standard InChI is InChI=1S/C9H15ClO2/c1-7(2)9(3,8(11)12)5-4-6-10/h4,6-7H,5H2,1-3H3,(H,11,12)/t9-/m0/s1. The number of carboxylic acids is 1. The maximum atomic E-state index is 10.9. The fraction of sp³-hybridized carbons (Fsp3) is 0.667. The van der Waals surface area contributed by atoms with Gasteiger partial charge in [0, 0.05) is 5.54 Å². The number of aliphatic carboxylic acids is 1. The van der Waals surface area contributed by atoms with Crippen LogP contribution in [0.25, 0.3) is 0 Å². The van der Waals surface area contributed by atoms with E-state index in [-0.39, 0.29) is 5.92 Å². The molecule has 0 heterocycles. The van der Waals surface area contributed by atoms with Crippen molar-refractivity contribution in [2.75, 3.05) is 0 Å². The van der Waals surface area contributed by atoms with Gasteiger partial charge < -0.3 is 5.11 Å².